The van der Waals surface area contributed by atoms with Crippen LogP contribution in [0.5, 0.6) is 0 Å². The van der Waals surface area contributed by atoms with Gasteiger partial charge < -0.3 is 4.98 Å². The lowest BCUT2D eigenvalue weighted by Gasteiger charge is -1.99. The van der Waals surface area contributed by atoms with Gasteiger partial charge >= 0.3 is 0 Å². The first-order chi connectivity index (χ1) is 11.3. The zero-order chi connectivity index (χ0) is 15.6. The topological polar surface area (TPSA) is 53.4 Å². The Morgan fingerprint density at radius 3 is 2.52 bits per heavy atom. The Morgan fingerprint density at radius 1 is 0.957 bits per heavy atom. The highest BCUT2D eigenvalue weighted by molar-refractivity contribution is 7.15. The average Bonchev–Trinajstić information content (AvgIpc) is 3.17. The van der Waals surface area contributed by atoms with Crippen molar-refractivity contribution >= 4 is 33.1 Å². The molecule has 0 atom stereocenters. The largest absolute Gasteiger partial charge is 0.353 e. The van der Waals surface area contributed by atoms with Crippen LogP contribution in [0.25, 0.3) is 22.2 Å². The quantitative estimate of drug-likeness (QED) is 0.462. The smallest absolute Gasteiger partial charge is 0.230 e. The van der Waals surface area contributed by atoms with Crippen LogP contribution in [-0.2, 0) is 0 Å². The van der Waals surface area contributed by atoms with Gasteiger partial charge in [0, 0.05) is 27.5 Å². The number of nitrogens with zero attached hydrogens (tertiary/aromatic N) is 3. The molecule has 0 bridgehead atoms. The van der Waals surface area contributed by atoms with Crippen LogP contribution >= 0.6 is 11.3 Å². The highest BCUT2D eigenvalue weighted by atomic mass is 32.1. The molecule has 0 saturated heterocycles. The Bertz CT molecular complexity index is 983. The fourth-order valence-electron chi connectivity index (χ4n) is 2.53. The van der Waals surface area contributed by atoms with Crippen molar-refractivity contribution in [2.24, 2.45) is 10.2 Å². The Labute approximate surface area is 137 Å². The van der Waals surface area contributed by atoms with Crippen LogP contribution in [0.4, 0.5) is 10.8 Å². The van der Waals surface area contributed by atoms with Crippen molar-refractivity contribution in [2.45, 2.75) is 6.92 Å². The number of aryl methyl sites for hydroxylation is 1. The van der Waals surface area contributed by atoms with E-state index in [9.17, 15) is 0 Å². The monoisotopic (exact) mass is 318 g/mol. The molecule has 4 nitrogen and oxygen atoms in total. The Morgan fingerprint density at radius 2 is 1.74 bits per heavy atom. The van der Waals surface area contributed by atoms with E-state index < -0.39 is 0 Å². The fraction of sp³-hybridized carbons (Fsp3) is 0.0556. The molecule has 2 heterocycles. The van der Waals surface area contributed by atoms with Crippen molar-refractivity contribution in [1.82, 2.24) is 9.97 Å². The van der Waals surface area contributed by atoms with Gasteiger partial charge in [-0.1, -0.05) is 59.9 Å². The van der Waals surface area contributed by atoms with Crippen LogP contribution < -0.4 is 0 Å². The van der Waals surface area contributed by atoms with Crippen molar-refractivity contribution < 1.29 is 0 Å². The maximum Gasteiger partial charge on any atom is 0.230 e. The summed E-state index contributed by atoms with van der Waals surface area (Å²) in [6.07, 6.45) is 1.81. The third-order valence-electron chi connectivity index (χ3n) is 3.59. The number of aromatic amines is 1. The highest BCUT2D eigenvalue weighted by Gasteiger charge is 2.12. The highest BCUT2D eigenvalue weighted by Crippen LogP contribution is 2.38. The molecule has 112 valence electrons. The second kappa shape index (κ2) is 5.78. The average molecular weight is 318 g/mol. The van der Waals surface area contributed by atoms with Crippen molar-refractivity contribution in [2.75, 3.05) is 0 Å². The van der Waals surface area contributed by atoms with Crippen LogP contribution in [0, 0.1) is 6.92 Å². The minimum absolute atomic E-state index is 0.673. The number of rotatable bonds is 3. The SMILES string of the molecule is Cc1cnc(N=Nc2c(-c3ccccc3)[nH]c3ccccc23)s1. The zero-order valence-electron chi connectivity index (χ0n) is 12.5. The van der Waals surface area contributed by atoms with Crippen LogP contribution in [0.15, 0.2) is 71.0 Å². The number of para-hydroxylation sites is 1. The number of H-pyrrole nitrogens is 1. The van der Waals surface area contributed by atoms with E-state index in [1.807, 2.05) is 49.5 Å². The fourth-order valence-corrected chi connectivity index (χ4v) is 3.11. The molecule has 0 aliphatic carbocycles. The molecule has 4 rings (SSSR count). The van der Waals surface area contributed by atoms with E-state index in [2.05, 4.69) is 38.4 Å². The molecular formula is C18H14N4S. The number of nitrogens with one attached hydrogen (secondary N) is 1. The molecule has 2 aromatic heterocycles. The molecular weight excluding hydrogens is 304 g/mol. The van der Waals surface area contributed by atoms with E-state index in [1.165, 1.54) is 11.3 Å². The molecule has 0 radical (unpaired) electrons. The van der Waals surface area contributed by atoms with Gasteiger partial charge in [0.25, 0.3) is 0 Å². The summed E-state index contributed by atoms with van der Waals surface area (Å²) in [6, 6.07) is 18.3. The first kappa shape index (κ1) is 13.8. The Hall–Kier alpha value is -2.79. The predicted octanol–water partition coefficient (Wildman–Crippen LogP) is 6.02. The number of fused-ring (bicyclic) bond motifs is 1. The molecule has 0 fully saturated rings. The summed E-state index contributed by atoms with van der Waals surface area (Å²) in [6.45, 7) is 2.01. The van der Waals surface area contributed by atoms with E-state index in [0.717, 1.165) is 32.7 Å². The van der Waals surface area contributed by atoms with Crippen LogP contribution in [0.3, 0.4) is 0 Å². The van der Waals surface area contributed by atoms with E-state index in [-0.39, 0.29) is 0 Å². The summed E-state index contributed by atoms with van der Waals surface area (Å²) in [5.74, 6) is 0. The number of azo groups is 1. The molecule has 1 N–H and O–H groups in total. The second-order valence-corrected chi connectivity index (χ2v) is 6.43. The Kier molecular flexibility index (Phi) is 3.48. The van der Waals surface area contributed by atoms with Gasteiger partial charge in [-0.3, -0.25) is 0 Å². The summed E-state index contributed by atoms with van der Waals surface area (Å²) in [5, 5.41) is 10.5. The number of hydrogen-bond donors (Lipinski definition) is 1. The van der Waals surface area contributed by atoms with Crippen molar-refractivity contribution in [3.63, 3.8) is 0 Å². The summed E-state index contributed by atoms with van der Waals surface area (Å²) >= 11 is 1.53. The maximum absolute atomic E-state index is 4.50. The molecule has 2 aromatic carbocycles. The van der Waals surface area contributed by atoms with Gasteiger partial charge in [-0.15, -0.1) is 10.2 Å². The summed E-state index contributed by atoms with van der Waals surface area (Å²) in [7, 11) is 0. The number of benzene rings is 2. The minimum atomic E-state index is 0.673. The van der Waals surface area contributed by atoms with Crippen molar-refractivity contribution in [3.05, 3.63) is 65.7 Å². The normalized spacial score (nSPS) is 11.5. The van der Waals surface area contributed by atoms with E-state index in [0.29, 0.717) is 5.13 Å². The van der Waals surface area contributed by atoms with Gasteiger partial charge in [0.15, 0.2) is 0 Å². The number of hydrogen-bond acceptors (Lipinski definition) is 4. The van der Waals surface area contributed by atoms with Crippen molar-refractivity contribution in [1.29, 1.82) is 0 Å². The van der Waals surface area contributed by atoms with E-state index >= 15 is 0 Å². The lowest BCUT2D eigenvalue weighted by atomic mass is 10.1. The molecule has 0 aliphatic rings. The lowest BCUT2D eigenvalue weighted by molar-refractivity contribution is 1.20. The first-order valence-corrected chi connectivity index (χ1v) is 8.13. The minimum Gasteiger partial charge on any atom is -0.353 e. The maximum atomic E-state index is 4.50. The molecule has 0 spiro atoms. The van der Waals surface area contributed by atoms with E-state index in [4.69, 9.17) is 0 Å². The third-order valence-corrected chi connectivity index (χ3v) is 4.38. The molecule has 0 amide bonds. The molecule has 0 saturated carbocycles. The van der Waals surface area contributed by atoms with Gasteiger partial charge in [0.05, 0.1) is 5.69 Å². The van der Waals surface area contributed by atoms with Crippen LogP contribution in [0.2, 0.25) is 0 Å². The van der Waals surface area contributed by atoms with Gasteiger partial charge in [0.1, 0.15) is 5.69 Å². The van der Waals surface area contributed by atoms with Gasteiger partial charge in [-0.25, -0.2) is 4.98 Å². The summed E-state index contributed by atoms with van der Waals surface area (Å²) < 4.78 is 0. The van der Waals surface area contributed by atoms with Gasteiger partial charge in [-0.05, 0) is 13.0 Å². The third kappa shape index (κ3) is 2.66. The molecule has 5 heteroatoms. The standard InChI is InChI=1S/C18H14N4S/c1-12-11-19-18(23-12)22-21-17-14-9-5-6-10-15(14)20-16(17)13-7-3-2-4-8-13/h2-11,20H,1H3. The molecule has 0 aliphatic heterocycles. The number of thiazole rings is 1. The molecule has 4 aromatic rings. The van der Waals surface area contributed by atoms with Gasteiger partial charge in [0.2, 0.25) is 5.13 Å². The molecule has 0 unspecified atom stereocenters. The van der Waals surface area contributed by atoms with E-state index in [1.54, 1.807) is 0 Å². The summed E-state index contributed by atoms with van der Waals surface area (Å²) in [5.41, 5.74) is 3.96. The number of aromatic nitrogens is 2. The lowest BCUT2D eigenvalue weighted by Crippen LogP contribution is -1.76. The van der Waals surface area contributed by atoms with Crippen LogP contribution in [-0.4, -0.2) is 9.97 Å². The van der Waals surface area contributed by atoms with Crippen molar-refractivity contribution in [3.8, 4) is 11.3 Å². The second-order valence-electron chi connectivity index (χ2n) is 5.21. The van der Waals surface area contributed by atoms with Gasteiger partial charge in [-0.2, -0.15) is 0 Å². The van der Waals surface area contributed by atoms with Crippen LogP contribution in [0.1, 0.15) is 4.88 Å². The Balaban J connectivity index is 1.88. The summed E-state index contributed by atoms with van der Waals surface area (Å²) in [4.78, 5) is 8.82. The molecule has 23 heavy (non-hydrogen) atoms. The first-order valence-electron chi connectivity index (χ1n) is 7.31. The predicted molar refractivity (Wildman–Crippen MR) is 94.8 cm³/mol. The zero-order valence-corrected chi connectivity index (χ0v) is 13.3.